The first kappa shape index (κ1) is 22.1. The van der Waals surface area contributed by atoms with E-state index in [2.05, 4.69) is 56.1 Å². The number of rotatable bonds is 5. The van der Waals surface area contributed by atoms with E-state index in [1.54, 1.807) is 6.07 Å². The molecule has 1 amide bonds. The van der Waals surface area contributed by atoms with Crippen LogP contribution in [0.2, 0.25) is 0 Å². The van der Waals surface area contributed by atoms with Gasteiger partial charge in [-0.2, -0.15) is 5.21 Å². The summed E-state index contributed by atoms with van der Waals surface area (Å²) in [6.07, 6.45) is 11.6. The predicted octanol–water partition coefficient (Wildman–Crippen LogP) is 4.85. The fourth-order valence-electron chi connectivity index (χ4n) is 6.97. The minimum atomic E-state index is -0.270. The molecule has 180 valence electrons. The summed E-state index contributed by atoms with van der Waals surface area (Å²) in [6.45, 7) is 2.38. The van der Waals surface area contributed by atoms with Gasteiger partial charge in [0.2, 0.25) is 5.91 Å². The van der Waals surface area contributed by atoms with Gasteiger partial charge in [0.1, 0.15) is 5.82 Å². The van der Waals surface area contributed by atoms with Gasteiger partial charge in [-0.15, -0.1) is 10.2 Å². The van der Waals surface area contributed by atoms with Gasteiger partial charge in [0.25, 0.3) is 0 Å². The topological polar surface area (TPSA) is 96.5 Å². The van der Waals surface area contributed by atoms with E-state index in [0.717, 1.165) is 43.4 Å². The molecule has 4 atom stereocenters. The second-order valence-electron chi connectivity index (χ2n) is 10.4. The molecule has 35 heavy (non-hydrogen) atoms. The first-order chi connectivity index (χ1) is 17.0. The third-order valence-electron chi connectivity index (χ3n) is 8.57. The fraction of sp³-hybridized carbons (Fsp3) is 0.444. The summed E-state index contributed by atoms with van der Waals surface area (Å²) in [7, 11) is 0. The molecule has 2 heterocycles. The number of nitrogens with zero attached hydrogens (tertiary/aromatic N) is 4. The maximum absolute atomic E-state index is 13.9. The Morgan fingerprint density at radius 1 is 1.26 bits per heavy atom. The average Bonchev–Trinajstić information content (AvgIpc) is 3.50. The van der Waals surface area contributed by atoms with Crippen molar-refractivity contribution in [1.29, 1.82) is 0 Å². The predicted molar refractivity (Wildman–Crippen MR) is 130 cm³/mol. The fourth-order valence-corrected chi connectivity index (χ4v) is 6.97. The van der Waals surface area contributed by atoms with Crippen molar-refractivity contribution in [3.63, 3.8) is 0 Å². The van der Waals surface area contributed by atoms with Crippen molar-refractivity contribution in [3.05, 3.63) is 71.1 Å². The summed E-state index contributed by atoms with van der Waals surface area (Å²) in [5.74, 6) is 1.95. The molecule has 3 aliphatic carbocycles. The van der Waals surface area contributed by atoms with Crippen molar-refractivity contribution in [2.75, 3.05) is 5.32 Å². The number of halogens is 1. The van der Waals surface area contributed by atoms with E-state index >= 15 is 0 Å². The molecule has 0 radical (unpaired) electrons. The van der Waals surface area contributed by atoms with Gasteiger partial charge in [0.05, 0.1) is 6.20 Å². The summed E-state index contributed by atoms with van der Waals surface area (Å²) in [5, 5.41) is 16.7. The van der Waals surface area contributed by atoms with E-state index in [9.17, 15) is 9.18 Å². The number of H-pyrrole nitrogens is 1. The van der Waals surface area contributed by atoms with Crippen LogP contribution in [0.25, 0.3) is 5.57 Å². The first-order valence-corrected chi connectivity index (χ1v) is 12.5. The number of anilines is 1. The largest absolute Gasteiger partial charge is 0.326 e. The number of hydrogen-bond acceptors (Lipinski definition) is 5. The van der Waals surface area contributed by atoms with Crippen LogP contribution in [0.3, 0.4) is 0 Å². The van der Waals surface area contributed by atoms with Gasteiger partial charge in [0, 0.05) is 24.7 Å². The monoisotopic (exact) mass is 472 g/mol. The van der Waals surface area contributed by atoms with E-state index < -0.39 is 0 Å². The van der Waals surface area contributed by atoms with Gasteiger partial charge in [-0.1, -0.05) is 24.3 Å². The van der Waals surface area contributed by atoms with Gasteiger partial charge >= 0.3 is 0 Å². The van der Waals surface area contributed by atoms with Crippen LogP contribution in [-0.2, 0) is 17.6 Å². The number of fused-ring (bicyclic) bond motifs is 5. The number of amides is 1. The van der Waals surface area contributed by atoms with Gasteiger partial charge in [-0.25, -0.2) is 4.39 Å². The second-order valence-corrected chi connectivity index (χ2v) is 10.4. The van der Waals surface area contributed by atoms with Crippen LogP contribution >= 0.6 is 0 Å². The van der Waals surface area contributed by atoms with Crippen LogP contribution in [0, 0.1) is 23.1 Å². The van der Waals surface area contributed by atoms with Crippen molar-refractivity contribution in [2.24, 2.45) is 17.3 Å². The van der Waals surface area contributed by atoms with Gasteiger partial charge < -0.3 is 5.32 Å². The number of nitrogens with one attached hydrogen (secondary N) is 2. The highest BCUT2D eigenvalue weighted by molar-refractivity contribution is 5.91. The Hall–Kier alpha value is -3.42. The molecule has 6 rings (SSSR count). The van der Waals surface area contributed by atoms with E-state index in [0.29, 0.717) is 36.4 Å². The van der Waals surface area contributed by atoms with Crippen LogP contribution in [0.5, 0.6) is 0 Å². The smallest absolute Gasteiger partial charge is 0.224 e. The lowest BCUT2D eigenvalue weighted by molar-refractivity contribution is -0.116. The normalized spacial score (nSPS) is 26.9. The van der Waals surface area contributed by atoms with Crippen LogP contribution < -0.4 is 5.32 Å². The highest BCUT2D eigenvalue weighted by Gasteiger charge is 2.51. The van der Waals surface area contributed by atoms with Crippen molar-refractivity contribution in [2.45, 2.75) is 57.8 Å². The molecule has 8 heteroatoms. The number of allylic oxidation sites excluding steroid dienone is 2. The molecule has 3 aromatic rings. The SMILES string of the molecule is C[C@]12CCC3c4ccc(NC(=O)CCc5nn[nH]n5)cc4CCC3C1CC=C2c1cncc(F)c1. The summed E-state index contributed by atoms with van der Waals surface area (Å²) in [4.78, 5) is 16.5. The number of aromatic nitrogens is 5. The average molecular weight is 473 g/mol. The molecular weight excluding hydrogens is 443 g/mol. The molecule has 1 aromatic carbocycles. The van der Waals surface area contributed by atoms with E-state index in [4.69, 9.17) is 0 Å². The molecule has 0 aliphatic heterocycles. The summed E-state index contributed by atoms with van der Waals surface area (Å²) in [6, 6.07) is 8.05. The Morgan fingerprint density at radius 2 is 2.17 bits per heavy atom. The lowest BCUT2D eigenvalue weighted by atomic mass is 9.54. The van der Waals surface area contributed by atoms with Crippen LogP contribution in [0.1, 0.15) is 67.5 Å². The number of benzene rings is 1. The minimum absolute atomic E-state index is 0.0479. The van der Waals surface area contributed by atoms with E-state index in [-0.39, 0.29) is 17.1 Å². The number of pyridine rings is 1. The van der Waals surface area contributed by atoms with Crippen molar-refractivity contribution in [3.8, 4) is 0 Å². The minimum Gasteiger partial charge on any atom is -0.326 e. The second kappa shape index (κ2) is 8.66. The summed E-state index contributed by atoms with van der Waals surface area (Å²) >= 11 is 0. The molecule has 2 aromatic heterocycles. The zero-order valence-corrected chi connectivity index (χ0v) is 19.8. The van der Waals surface area contributed by atoms with Crippen molar-refractivity contribution in [1.82, 2.24) is 25.6 Å². The molecule has 3 unspecified atom stereocenters. The third kappa shape index (κ3) is 3.94. The Labute approximate surface area is 203 Å². The number of carbonyl (C=O) groups is 1. The van der Waals surface area contributed by atoms with Gasteiger partial charge in [0.15, 0.2) is 5.82 Å². The van der Waals surface area contributed by atoms with E-state index in [1.165, 1.54) is 22.9 Å². The number of aromatic amines is 1. The molecule has 2 N–H and O–H groups in total. The zero-order valence-electron chi connectivity index (χ0n) is 19.8. The maximum atomic E-state index is 13.9. The molecule has 0 spiro atoms. The number of hydrogen-bond donors (Lipinski definition) is 2. The quantitative estimate of drug-likeness (QED) is 0.553. The highest BCUT2D eigenvalue weighted by Crippen LogP contribution is 2.63. The highest BCUT2D eigenvalue weighted by atomic mass is 19.1. The number of tetrazole rings is 1. The standard InChI is InChI=1S/C27H29FN6O/c1-27-11-10-21-20-5-3-19(30-26(35)9-8-25-31-33-34-32-25)13-16(20)2-4-22(21)24(27)7-6-23(27)17-12-18(28)15-29-14-17/h3,5-6,12-15,21-22,24H,2,4,7-11H2,1H3,(H,30,35)(H,31,32,33,34)/t21?,22?,24?,27-/m1/s1. The lowest BCUT2D eigenvalue weighted by Crippen LogP contribution is -2.40. The van der Waals surface area contributed by atoms with Gasteiger partial charge in [-0.3, -0.25) is 9.78 Å². The number of aryl methyl sites for hydroxylation is 2. The van der Waals surface area contributed by atoms with E-state index in [1.807, 2.05) is 12.3 Å². The van der Waals surface area contributed by atoms with Crippen LogP contribution in [-0.4, -0.2) is 31.5 Å². The Balaban J connectivity index is 1.16. The molecule has 0 saturated heterocycles. The zero-order chi connectivity index (χ0) is 24.0. The summed E-state index contributed by atoms with van der Waals surface area (Å²) < 4.78 is 13.9. The Bertz CT molecular complexity index is 1290. The van der Waals surface area contributed by atoms with Gasteiger partial charge in [-0.05, 0) is 95.7 Å². The molecule has 1 fully saturated rings. The first-order valence-electron chi connectivity index (χ1n) is 12.5. The molecular formula is C27H29FN6O. The molecule has 0 bridgehead atoms. The summed E-state index contributed by atoms with van der Waals surface area (Å²) in [5.41, 5.74) is 5.92. The molecule has 3 aliphatic rings. The van der Waals surface area contributed by atoms with Crippen LogP contribution in [0.15, 0.2) is 42.7 Å². The third-order valence-corrected chi connectivity index (χ3v) is 8.57. The lowest BCUT2D eigenvalue weighted by Gasteiger charge is -2.50. The van der Waals surface area contributed by atoms with Crippen LogP contribution in [0.4, 0.5) is 10.1 Å². The Kier molecular flexibility index (Phi) is 5.46. The van der Waals surface area contributed by atoms with Crippen molar-refractivity contribution >= 4 is 17.2 Å². The molecule has 7 nitrogen and oxygen atoms in total. The van der Waals surface area contributed by atoms with Crippen molar-refractivity contribution < 1.29 is 9.18 Å². The number of carbonyl (C=O) groups excluding carboxylic acids is 1. The Morgan fingerprint density at radius 3 is 3.00 bits per heavy atom. The molecule has 1 saturated carbocycles. The maximum Gasteiger partial charge on any atom is 0.224 e.